The van der Waals surface area contributed by atoms with E-state index in [2.05, 4.69) is 15.0 Å². The smallest absolute Gasteiger partial charge is 0.354 e. The molecular weight excluding hydrogens is 290 g/mol. The Morgan fingerprint density at radius 2 is 1.90 bits per heavy atom. The Balaban J connectivity index is 2.49. The molecule has 0 atom stereocenters. The summed E-state index contributed by atoms with van der Waals surface area (Å²) < 4.78 is 0.0987. The third-order valence-electron chi connectivity index (χ3n) is 3.01. The highest BCUT2D eigenvalue weighted by molar-refractivity contribution is 7.71. The van der Waals surface area contributed by atoms with Crippen molar-refractivity contribution in [2.75, 3.05) is 0 Å². The maximum Gasteiger partial charge on any atom is 0.354 e. The fourth-order valence-corrected chi connectivity index (χ4v) is 2.31. The number of nitrogens with one attached hydrogen (secondary N) is 2. The van der Waals surface area contributed by atoms with Crippen LogP contribution in [0.3, 0.4) is 0 Å². The third kappa shape index (κ3) is 2.34. The average Bonchev–Trinajstić information content (AvgIpc) is 2.46. The number of aromatic carboxylic acids is 1. The molecule has 0 fully saturated rings. The van der Waals surface area contributed by atoms with Crippen molar-refractivity contribution >= 4 is 29.2 Å². The van der Waals surface area contributed by atoms with E-state index < -0.39 is 11.5 Å². The molecule has 1 aromatic carbocycles. The van der Waals surface area contributed by atoms with Crippen LogP contribution in [-0.2, 0) is 0 Å². The summed E-state index contributed by atoms with van der Waals surface area (Å²) in [4.78, 5) is 32.5. The fourth-order valence-electron chi connectivity index (χ4n) is 2.12. The van der Waals surface area contributed by atoms with Crippen LogP contribution in [0, 0.1) is 4.77 Å². The molecule has 0 unspecified atom stereocenters. The highest BCUT2D eigenvalue weighted by atomic mass is 32.1. The third-order valence-corrected chi connectivity index (χ3v) is 3.21. The number of H-pyrrole nitrogens is 2. The monoisotopic (exact) mass is 299 g/mol. The Kier molecular flexibility index (Phi) is 3.11. The van der Waals surface area contributed by atoms with Crippen LogP contribution in [0.25, 0.3) is 22.2 Å². The van der Waals surface area contributed by atoms with Crippen LogP contribution in [0.4, 0.5) is 0 Å². The molecule has 2 heterocycles. The summed E-state index contributed by atoms with van der Waals surface area (Å²) in [6.07, 6.45) is 0. The molecule has 3 N–H and O–H groups in total. The first-order valence-electron chi connectivity index (χ1n) is 6.02. The summed E-state index contributed by atoms with van der Waals surface area (Å²) in [6, 6.07) is 10.4. The lowest BCUT2D eigenvalue weighted by atomic mass is 10.0. The molecule has 0 amide bonds. The number of hydrogen-bond acceptors (Lipinski definition) is 4. The van der Waals surface area contributed by atoms with Crippen LogP contribution in [-0.4, -0.2) is 26.0 Å². The Morgan fingerprint density at radius 3 is 2.57 bits per heavy atom. The molecule has 21 heavy (non-hydrogen) atoms. The summed E-state index contributed by atoms with van der Waals surface area (Å²) >= 11 is 4.90. The van der Waals surface area contributed by atoms with Gasteiger partial charge in [0.2, 0.25) is 0 Å². The molecular formula is C14H9N3O3S. The molecule has 0 spiro atoms. The van der Waals surface area contributed by atoms with Crippen molar-refractivity contribution in [3.8, 4) is 11.1 Å². The van der Waals surface area contributed by atoms with Gasteiger partial charge in [0, 0.05) is 5.56 Å². The first kappa shape index (κ1) is 13.2. The van der Waals surface area contributed by atoms with Gasteiger partial charge in [0.05, 0.1) is 5.39 Å². The molecule has 0 aliphatic heterocycles. The van der Waals surface area contributed by atoms with E-state index in [0.717, 1.165) is 5.56 Å². The minimum absolute atomic E-state index is 0.0987. The van der Waals surface area contributed by atoms with Crippen molar-refractivity contribution < 1.29 is 9.90 Å². The second-order valence-electron chi connectivity index (χ2n) is 4.36. The van der Waals surface area contributed by atoms with Crippen molar-refractivity contribution in [1.82, 2.24) is 15.0 Å². The summed E-state index contributed by atoms with van der Waals surface area (Å²) in [6.45, 7) is 0. The van der Waals surface area contributed by atoms with Gasteiger partial charge in [-0.1, -0.05) is 30.3 Å². The number of fused-ring (bicyclic) bond motifs is 1. The first-order chi connectivity index (χ1) is 10.1. The SMILES string of the molecule is O=C(O)c1cc(-c2ccccc2)c2c(=O)[nH]c(=S)[nH]c2n1. The Bertz CT molecular complexity index is 961. The lowest BCUT2D eigenvalue weighted by Gasteiger charge is -2.07. The molecule has 0 radical (unpaired) electrons. The predicted molar refractivity (Wildman–Crippen MR) is 79.9 cm³/mol. The lowest BCUT2D eigenvalue weighted by molar-refractivity contribution is 0.0691. The molecule has 0 bridgehead atoms. The number of benzene rings is 1. The average molecular weight is 299 g/mol. The van der Waals surface area contributed by atoms with E-state index in [1.54, 1.807) is 24.3 Å². The van der Waals surface area contributed by atoms with Gasteiger partial charge >= 0.3 is 5.97 Å². The first-order valence-corrected chi connectivity index (χ1v) is 6.43. The van der Waals surface area contributed by atoms with E-state index in [1.165, 1.54) is 6.07 Å². The van der Waals surface area contributed by atoms with Crippen LogP contribution < -0.4 is 5.56 Å². The van der Waals surface area contributed by atoms with E-state index in [1.807, 2.05) is 6.07 Å². The summed E-state index contributed by atoms with van der Waals surface area (Å²) in [5.41, 5.74) is 0.811. The summed E-state index contributed by atoms with van der Waals surface area (Å²) in [5, 5.41) is 9.44. The zero-order valence-corrected chi connectivity index (χ0v) is 11.4. The number of hydrogen-bond donors (Lipinski definition) is 3. The highest BCUT2D eigenvalue weighted by Crippen LogP contribution is 2.25. The van der Waals surface area contributed by atoms with E-state index in [0.29, 0.717) is 5.56 Å². The van der Waals surface area contributed by atoms with Crippen LogP contribution in [0.15, 0.2) is 41.2 Å². The molecule has 0 saturated carbocycles. The van der Waals surface area contributed by atoms with Crippen molar-refractivity contribution in [2.45, 2.75) is 0 Å². The molecule has 2 aromatic heterocycles. The molecule has 3 rings (SSSR count). The molecule has 3 aromatic rings. The zero-order chi connectivity index (χ0) is 15.0. The van der Waals surface area contributed by atoms with E-state index in [4.69, 9.17) is 17.3 Å². The van der Waals surface area contributed by atoms with Crippen LogP contribution in [0.1, 0.15) is 10.5 Å². The van der Waals surface area contributed by atoms with Crippen molar-refractivity contribution in [3.05, 3.63) is 57.2 Å². The van der Waals surface area contributed by atoms with Gasteiger partial charge in [-0.05, 0) is 23.8 Å². The molecule has 0 aliphatic carbocycles. The number of carboxylic acid groups (broad SMARTS) is 1. The predicted octanol–water partition coefficient (Wildman–Crippen LogP) is 2.35. The van der Waals surface area contributed by atoms with Crippen molar-refractivity contribution in [1.29, 1.82) is 0 Å². The van der Waals surface area contributed by atoms with Gasteiger partial charge in [0.15, 0.2) is 10.5 Å². The van der Waals surface area contributed by atoms with E-state index >= 15 is 0 Å². The topological polar surface area (TPSA) is 98.8 Å². The van der Waals surface area contributed by atoms with Crippen LogP contribution in [0.2, 0.25) is 0 Å². The van der Waals surface area contributed by atoms with Crippen molar-refractivity contribution in [3.63, 3.8) is 0 Å². The minimum atomic E-state index is -1.17. The Labute approximate surface area is 123 Å². The number of carbonyl (C=O) groups is 1. The van der Waals surface area contributed by atoms with Gasteiger partial charge in [-0.3, -0.25) is 9.78 Å². The molecule has 0 saturated heterocycles. The Morgan fingerprint density at radius 1 is 1.19 bits per heavy atom. The second-order valence-corrected chi connectivity index (χ2v) is 4.77. The van der Waals surface area contributed by atoms with Gasteiger partial charge in [-0.2, -0.15) is 0 Å². The fraction of sp³-hybridized carbons (Fsp3) is 0. The second kappa shape index (κ2) is 4.95. The van der Waals surface area contributed by atoms with Gasteiger partial charge in [-0.25, -0.2) is 9.78 Å². The van der Waals surface area contributed by atoms with E-state index in [9.17, 15) is 9.59 Å². The van der Waals surface area contributed by atoms with Crippen LogP contribution >= 0.6 is 12.2 Å². The maximum absolute atomic E-state index is 12.1. The molecule has 6 nitrogen and oxygen atoms in total. The highest BCUT2D eigenvalue weighted by Gasteiger charge is 2.15. The minimum Gasteiger partial charge on any atom is -0.477 e. The molecule has 104 valence electrons. The van der Waals surface area contributed by atoms with Gasteiger partial charge in [0.1, 0.15) is 5.65 Å². The van der Waals surface area contributed by atoms with Gasteiger partial charge in [-0.15, -0.1) is 0 Å². The van der Waals surface area contributed by atoms with Gasteiger partial charge in [0.25, 0.3) is 5.56 Å². The number of aromatic amines is 2. The quantitative estimate of drug-likeness (QED) is 0.631. The largest absolute Gasteiger partial charge is 0.477 e. The van der Waals surface area contributed by atoms with E-state index in [-0.39, 0.29) is 21.5 Å². The summed E-state index contributed by atoms with van der Waals surface area (Å²) in [7, 11) is 0. The number of carboxylic acids is 1. The van der Waals surface area contributed by atoms with Gasteiger partial charge < -0.3 is 10.1 Å². The standard InChI is InChI=1S/C14H9N3O3S/c18-12-10-8(7-4-2-1-3-5-7)6-9(13(19)20)15-11(10)16-14(21)17-12/h1-6H,(H,19,20)(H2,15,16,17,18,21). The number of nitrogens with zero attached hydrogens (tertiary/aromatic N) is 1. The number of rotatable bonds is 2. The lowest BCUT2D eigenvalue weighted by Crippen LogP contribution is -2.12. The van der Waals surface area contributed by atoms with Crippen LogP contribution in [0.5, 0.6) is 0 Å². The molecule has 0 aliphatic rings. The maximum atomic E-state index is 12.1. The molecule has 7 heteroatoms. The Hall–Kier alpha value is -2.80. The number of aromatic nitrogens is 3. The number of pyridine rings is 1. The summed E-state index contributed by atoms with van der Waals surface area (Å²) in [5.74, 6) is -1.17. The zero-order valence-electron chi connectivity index (χ0n) is 10.6. The van der Waals surface area contributed by atoms with Crippen molar-refractivity contribution in [2.24, 2.45) is 0 Å². The normalized spacial score (nSPS) is 10.7.